The molecule has 13 heteroatoms. The summed E-state index contributed by atoms with van der Waals surface area (Å²) in [6.45, 7) is 0. The van der Waals surface area contributed by atoms with Gasteiger partial charge in [0, 0.05) is 22.3 Å². The Kier molecular flexibility index (Phi) is 15.2. The van der Waals surface area contributed by atoms with Crippen LogP contribution in [0.5, 0.6) is 0 Å². The quantitative estimate of drug-likeness (QED) is 0.151. The van der Waals surface area contributed by atoms with E-state index < -0.39 is 10.9 Å². The Morgan fingerprint density at radius 3 is 0.910 bits per heavy atom. The van der Waals surface area contributed by atoms with Crippen molar-refractivity contribution in [2.24, 2.45) is 0 Å². The number of H-pyrrole nitrogens is 1. The van der Waals surface area contributed by atoms with Gasteiger partial charge in [-0.2, -0.15) is 10.1 Å². The number of rotatable bonds is 8. The first kappa shape index (κ1) is 46.5. The molecule has 0 saturated carbocycles. The SMILES string of the molecule is Clc1nnc(-c2ccc(-c3ccccc3)cc2)c(-c2ccc(-c3ccccc3)cc2)n1.O=P(Cl)(Cl)Cl.O=c1nc(-c2ccc(-c3ccccc3)cc2)c(-c2ccc(-c3ccccc3)cc2)n[nH]1. The van der Waals surface area contributed by atoms with Gasteiger partial charge in [-0.3, -0.25) is 4.57 Å². The molecule has 0 fully saturated rings. The summed E-state index contributed by atoms with van der Waals surface area (Å²) in [7, 11) is 0. The van der Waals surface area contributed by atoms with Gasteiger partial charge in [-0.05, 0) is 89.8 Å². The third-order valence-electron chi connectivity index (χ3n) is 10.4. The van der Waals surface area contributed by atoms with E-state index >= 15 is 0 Å². The fourth-order valence-corrected chi connectivity index (χ4v) is 7.37. The Morgan fingerprint density at radius 1 is 0.328 bits per heavy atom. The molecule has 0 atom stereocenters. The van der Waals surface area contributed by atoms with E-state index in [0.29, 0.717) is 22.8 Å². The maximum atomic E-state index is 11.9. The second-order valence-electron chi connectivity index (χ2n) is 14.8. The summed E-state index contributed by atoms with van der Waals surface area (Å²) < 4.78 is 9.51. The molecule has 0 spiro atoms. The average molecular weight is 975 g/mol. The van der Waals surface area contributed by atoms with Crippen LogP contribution in [0.25, 0.3) is 89.5 Å². The lowest BCUT2D eigenvalue weighted by Gasteiger charge is -2.10. The minimum absolute atomic E-state index is 0.131. The number of hydrogen-bond acceptors (Lipinski definition) is 7. The van der Waals surface area contributed by atoms with Crippen molar-refractivity contribution in [2.75, 3.05) is 0 Å². The number of aromatic nitrogens is 6. The van der Waals surface area contributed by atoms with Gasteiger partial charge in [0.25, 0.3) is 0 Å². The summed E-state index contributed by atoms with van der Waals surface area (Å²) >= 11 is 20.0. The van der Waals surface area contributed by atoms with Crippen LogP contribution in [0.15, 0.2) is 223 Å². The van der Waals surface area contributed by atoms with Crippen LogP contribution >= 0.6 is 50.5 Å². The molecule has 1 N–H and O–H groups in total. The van der Waals surface area contributed by atoms with Gasteiger partial charge in [0.1, 0.15) is 22.8 Å². The molecule has 8 nitrogen and oxygen atoms in total. The molecule has 0 bridgehead atoms. The molecular formula is C54H37Cl4N6O2P. The highest BCUT2D eigenvalue weighted by molar-refractivity contribution is 8.24. The highest BCUT2D eigenvalue weighted by atomic mass is 36.0. The predicted molar refractivity (Wildman–Crippen MR) is 276 cm³/mol. The lowest BCUT2D eigenvalue weighted by molar-refractivity contribution is 0.600. The van der Waals surface area contributed by atoms with Gasteiger partial charge in [-0.25, -0.2) is 14.9 Å². The van der Waals surface area contributed by atoms with Crippen molar-refractivity contribution >= 4 is 50.5 Å². The fraction of sp³-hybridized carbons (Fsp3) is 0. The lowest BCUT2D eigenvalue weighted by atomic mass is 9.99. The van der Waals surface area contributed by atoms with Gasteiger partial charge >= 0.3 is 10.9 Å². The van der Waals surface area contributed by atoms with Gasteiger partial charge in [0.05, 0.1) is 0 Å². The molecule has 10 aromatic rings. The summed E-state index contributed by atoms with van der Waals surface area (Å²) in [5.74, 6) is 0. The number of benzene rings is 8. The normalized spacial score (nSPS) is 10.8. The minimum Gasteiger partial charge on any atom is -0.271 e. The summed E-state index contributed by atoms with van der Waals surface area (Å²) in [6, 6.07) is 73.6. The molecule has 0 unspecified atom stereocenters. The molecule has 0 aliphatic carbocycles. The topological polar surface area (TPSA) is 114 Å². The number of hydrogen-bond donors (Lipinski definition) is 1. The first-order valence-electron chi connectivity index (χ1n) is 20.7. The third kappa shape index (κ3) is 12.7. The highest BCUT2D eigenvalue weighted by Gasteiger charge is 2.15. The van der Waals surface area contributed by atoms with Crippen LogP contribution < -0.4 is 5.69 Å². The van der Waals surface area contributed by atoms with E-state index in [0.717, 1.165) is 55.6 Å². The van der Waals surface area contributed by atoms with E-state index in [1.165, 1.54) is 11.1 Å². The Hall–Kier alpha value is -7.03. The fourth-order valence-electron chi connectivity index (χ4n) is 7.25. The smallest absolute Gasteiger partial charge is 0.271 e. The molecule has 0 aliphatic rings. The molecule has 8 aromatic carbocycles. The summed E-state index contributed by atoms with van der Waals surface area (Å²) in [5.41, 5.74) is 14.9. The molecule has 2 aromatic heterocycles. The predicted octanol–water partition coefficient (Wildman–Crippen LogP) is 15.8. The van der Waals surface area contributed by atoms with Crippen LogP contribution in [0.1, 0.15) is 0 Å². The molecule has 10 rings (SSSR count). The van der Waals surface area contributed by atoms with Crippen LogP contribution in [0.4, 0.5) is 0 Å². The largest absolute Gasteiger partial charge is 0.361 e. The third-order valence-corrected chi connectivity index (χ3v) is 10.6. The summed E-state index contributed by atoms with van der Waals surface area (Å²) in [5, 5.41) is 12.0. The average Bonchev–Trinajstić information content (AvgIpc) is 3.37. The molecule has 0 aliphatic heterocycles. The first-order valence-corrected chi connectivity index (χ1v) is 25.5. The first-order chi connectivity index (χ1) is 32.6. The molecular weight excluding hydrogens is 937 g/mol. The number of nitrogens with one attached hydrogen (secondary N) is 1. The van der Waals surface area contributed by atoms with E-state index in [9.17, 15) is 9.36 Å². The second-order valence-corrected chi connectivity index (χ2v) is 21.8. The van der Waals surface area contributed by atoms with Crippen LogP contribution in [-0.2, 0) is 4.57 Å². The highest BCUT2D eigenvalue weighted by Crippen LogP contribution is 2.61. The number of nitrogens with zero attached hydrogens (tertiary/aromatic N) is 5. The summed E-state index contributed by atoms with van der Waals surface area (Å²) in [6.07, 6.45) is 0. The zero-order chi connectivity index (χ0) is 46.6. The van der Waals surface area contributed by atoms with E-state index in [4.69, 9.17) is 11.6 Å². The maximum absolute atomic E-state index is 11.9. The van der Waals surface area contributed by atoms with Crippen LogP contribution in [0.3, 0.4) is 0 Å². The lowest BCUT2D eigenvalue weighted by Crippen LogP contribution is -2.14. The minimum atomic E-state index is -3.22. The Morgan fingerprint density at radius 2 is 0.582 bits per heavy atom. The van der Waals surface area contributed by atoms with E-state index in [-0.39, 0.29) is 5.28 Å². The van der Waals surface area contributed by atoms with Crippen molar-refractivity contribution in [3.8, 4) is 89.5 Å². The zero-order valence-electron chi connectivity index (χ0n) is 35.3. The van der Waals surface area contributed by atoms with E-state index in [1.54, 1.807) is 0 Å². The van der Waals surface area contributed by atoms with Crippen LogP contribution in [0.2, 0.25) is 5.28 Å². The van der Waals surface area contributed by atoms with E-state index in [2.05, 4.69) is 149 Å². The maximum Gasteiger partial charge on any atom is 0.361 e. The van der Waals surface area contributed by atoms with Gasteiger partial charge in [-0.1, -0.05) is 218 Å². The van der Waals surface area contributed by atoms with Gasteiger partial charge in [-0.15, -0.1) is 10.2 Å². The monoisotopic (exact) mass is 972 g/mol. The number of aromatic amines is 1. The van der Waals surface area contributed by atoms with Gasteiger partial charge < -0.3 is 0 Å². The Balaban J connectivity index is 0.000000165. The zero-order valence-corrected chi connectivity index (χ0v) is 39.2. The Bertz CT molecular complexity index is 3280. The van der Waals surface area contributed by atoms with Gasteiger partial charge in [0.15, 0.2) is 0 Å². The molecule has 67 heavy (non-hydrogen) atoms. The number of halogens is 4. The van der Waals surface area contributed by atoms with E-state index in [1.807, 2.05) is 133 Å². The molecule has 2 heterocycles. The van der Waals surface area contributed by atoms with Crippen molar-refractivity contribution in [1.82, 2.24) is 30.4 Å². The molecule has 0 saturated heterocycles. The van der Waals surface area contributed by atoms with Gasteiger partial charge in [0.2, 0.25) is 5.28 Å². The second kappa shape index (κ2) is 22.0. The molecule has 0 amide bonds. The molecule has 0 radical (unpaired) electrons. The van der Waals surface area contributed by atoms with Crippen molar-refractivity contribution in [1.29, 1.82) is 0 Å². The van der Waals surface area contributed by atoms with Crippen molar-refractivity contribution < 1.29 is 4.57 Å². The van der Waals surface area contributed by atoms with Crippen LogP contribution in [-0.4, -0.2) is 30.4 Å². The van der Waals surface area contributed by atoms with Crippen LogP contribution in [0, 0.1) is 0 Å². The van der Waals surface area contributed by atoms with Crippen molar-refractivity contribution in [3.05, 3.63) is 234 Å². The van der Waals surface area contributed by atoms with Crippen molar-refractivity contribution in [2.45, 2.75) is 0 Å². The Labute approximate surface area is 406 Å². The molecule has 328 valence electrons. The standard InChI is InChI=1S/C27H18ClN3.C27H19N3O.Cl3OP/c28-27-29-25(23-15-11-21(12-16-23)19-7-3-1-4-8-19)26(30-31-27)24-17-13-22(14-18-24)20-9-5-2-6-10-20;31-27-28-25(23-15-11-21(12-16-23)19-7-3-1-4-8-19)26(29-30-27)24-17-13-22(14-18-24)20-9-5-2-6-10-20;1-5(2,3)4/h1-18H;1-18H,(H,28,30,31);. The van der Waals surface area contributed by atoms with Crippen molar-refractivity contribution in [3.63, 3.8) is 0 Å². The summed E-state index contributed by atoms with van der Waals surface area (Å²) in [4.78, 5) is 20.7.